The fraction of sp³-hybridized carbons (Fsp3) is 0.300. The lowest BCUT2D eigenvalue weighted by Gasteiger charge is -2.00. The lowest BCUT2D eigenvalue weighted by molar-refractivity contribution is 0.780. The second kappa shape index (κ2) is 3.34. The minimum absolute atomic E-state index is 0.407. The number of aromatic nitrogens is 4. The summed E-state index contributed by atoms with van der Waals surface area (Å²) in [5.41, 5.74) is 8.45. The lowest BCUT2D eigenvalue weighted by atomic mass is 10.2. The van der Waals surface area contributed by atoms with Crippen LogP contribution in [0.1, 0.15) is 11.4 Å². The Morgan fingerprint density at radius 1 is 1.20 bits per heavy atom. The van der Waals surface area contributed by atoms with E-state index < -0.39 is 0 Å². The summed E-state index contributed by atoms with van der Waals surface area (Å²) < 4.78 is 1.55. The summed E-state index contributed by atoms with van der Waals surface area (Å²) in [6.45, 7) is 3.89. The highest BCUT2D eigenvalue weighted by molar-refractivity contribution is 5.58. The van der Waals surface area contributed by atoms with E-state index in [1.165, 1.54) is 0 Å². The number of nitrogen functional groups attached to an aromatic ring is 1. The second-order valence-corrected chi connectivity index (χ2v) is 3.50. The third-order valence-electron chi connectivity index (χ3n) is 2.26. The molecule has 2 N–H and O–H groups in total. The topological polar surface area (TPSA) is 69.6 Å². The predicted octanol–water partition coefficient (Wildman–Crippen LogP) is 1.08. The van der Waals surface area contributed by atoms with E-state index in [9.17, 15) is 0 Å². The highest BCUT2D eigenvalue weighted by Gasteiger charge is 2.09. The van der Waals surface area contributed by atoms with Gasteiger partial charge in [-0.3, -0.25) is 4.98 Å². The van der Waals surface area contributed by atoms with Crippen molar-refractivity contribution in [3.63, 3.8) is 0 Å². The Morgan fingerprint density at radius 2 is 1.93 bits per heavy atom. The summed E-state index contributed by atoms with van der Waals surface area (Å²) in [5, 5.41) is 4.21. The summed E-state index contributed by atoms with van der Waals surface area (Å²) in [5.74, 6) is 1.03. The molecule has 2 rings (SSSR count). The molecule has 0 unspecified atom stereocenters. The number of rotatable bonds is 1. The van der Waals surface area contributed by atoms with Crippen molar-refractivity contribution in [2.45, 2.75) is 13.8 Å². The third kappa shape index (κ3) is 1.68. The first-order valence-corrected chi connectivity index (χ1v) is 4.69. The van der Waals surface area contributed by atoms with E-state index in [1.807, 2.05) is 26.0 Å². The van der Waals surface area contributed by atoms with E-state index in [-0.39, 0.29) is 0 Å². The number of nitrogens with zero attached hydrogens (tertiary/aromatic N) is 4. The number of anilines is 1. The number of nitrogens with two attached hydrogens (primary N) is 1. The van der Waals surface area contributed by atoms with E-state index in [0.717, 1.165) is 17.0 Å². The monoisotopic (exact) mass is 203 g/mol. The molecule has 5 nitrogen and oxygen atoms in total. The molecule has 5 heteroatoms. The van der Waals surface area contributed by atoms with Gasteiger partial charge in [-0.1, -0.05) is 0 Å². The maximum Gasteiger partial charge on any atom is 0.218 e. The average Bonchev–Trinajstić information content (AvgIpc) is 2.46. The first-order valence-electron chi connectivity index (χ1n) is 4.69. The average molecular weight is 203 g/mol. The van der Waals surface area contributed by atoms with Crippen LogP contribution in [0, 0.1) is 13.8 Å². The molecule has 0 aliphatic carbocycles. The van der Waals surface area contributed by atoms with Gasteiger partial charge in [-0.15, -0.1) is 5.10 Å². The fourth-order valence-corrected chi connectivity index (χ4v) is 1.43. The number of aryl methyl sites for hydroxylation is 3. The van der Waals surface area contributed by atoms with Gasteiger partial charge in [-0.2, -0.15) is 4.98 Å². The van der Waals surface area contributed by atoms with Gasteiger partial charge >= 0.3 is 0 Å². The largest absolute Gasteiger partial charge is 0.368 e. The van der Waals surface area contributed by atoms with Crippen molar-refractivity contribution in [1.82, 2.24) is 19.7 Å². The van der Waals surface area contributed by atoms with Crippen molar-refractivity contribution in [2.75, 3.05) is 5.73 Å². The first kappa shape index (κ1) is 9.64. The van der Waals surface area contributed by atoms with Gasteiger partial charge in [0.05, 0.1) is 0 Å². The van der Waals surface area contributed by atoms with Gasteiger partial charge in [0.15, 0.2) is 5.82 Å². The first-order chi connectivity index (χ1) is 7.08. The number of hydrogen-bond donors (Lipinski definition) is 1. The summed E-state index contributed by atoms with van der Waals surface area (Å²) in [7, 11) is 1.77. The Bertz CT molecular complexity index is 481. The van der Waals surface area contributed by atoms with Gasteiger partial charge in [-0.25, -0.2) is 4.68 Å². The van der Waals surface area contributed by atoms with E-state index in [1.54, 1.807) is 11.7 Å². The van der Waals surface area contributed by atoms with Crippen LogP contribution >= 0.6 is 0 Å². The van der Waals surface area contributed by atoms with Crippen LogP contribution < -0.4 is 5.73 Å². The van der Waals surface area contributed by atoms with E-state index >= 15 is 0 Å². The van der Waals surface area contributed by atoms with Crippen LogP contribution in [0.5, 0.6) is 0 Å². The predicted molar refractivity (Wildman–Crippen MR) is 58.1 cm³/mol. The lowest BCUT2D eigenvalue weighted by Crippen LogP contribution is -1.97. The highest BCUT2D eigenvalue weighted by Crippen LogP contribution is 2.19. The Balaban J connectivity index is 2.54. The maximum absolute atomic E-state index is 5.63. The molecule has 0 radical (unpaired) electrons. The SMILES string of the molecule is Cc1ccc(-c2nc(N)n(C)n2)c(C)n1. The molecular weight excluding hydrogens is 190 g/mol. The zero-order chi connectivity index (χ0) is 11.0. The van der Waals surface area contributed by atoms with Crippen LogP contribution in [0.25, 0.3) is 11.4 Å². The third-order valence-corrected chi connectivity index (χ3v) is 2.26. The normalized spacial score (nSPS) is 10.6. The highest BCUT2D eigenvalue weighted by atomic mass is 15.4. The molecule has 0 spiro atoms. The van der Waals surface area contributed by atoms with Crippen LogP contribution in [0.15, 0.2) is 12.1 Å². The Kier molecular flexibility index (Phi) is 2.15. The van der Waals surface area contributed by atoms with E-state index in [4.69, 9.17) is 5.73 Å². The minimum Gasteiger partial charge on any atom is -0.368 e. The van der Waals surface area contributed by atoms with Gasteiger partial charge in [0.25, 0.3) is 0 Å². The molecule has 0 aliphatic heterocycles. The Labute approximate surface area is 88.0 Å². The summed E-state index contributed by atoms with van der Waals surface area (Å²) >= 11 is 0. The van der Waals surface area contributed by atoms with Crippen molar-refractivity contribution < 1.29 is 0 Å². The standard InChI is InChI=1S/C10H13N5/c1-6-4-5-8(7(2)12-6)9-13-10(11)15(3)14-9/h4-5H,1-3H3,(H2,11,13,14). The van der Waals surface area contributed by atoms with Crippen molar-refractivity contribution in [2.24, 2.45) is 7.05 Å². The molecule has 0 amide bonds. The second-order valence-electron chi connectivity index (χ2n) is 3.50. The van der Waals surface area contributed by atoms with Crippen LogP contribution in [-0.4, -0.2) is 19.7 Å². The van der Waals surface area contributed by atoms with Gasteiger partial charge < -0.3 is 5.73 Å². The molecule has 0 saturated heterocycles. The summed E-state index contributed by atoms with van der Waals surface area (Å²) in [6, 6.07) is 3.90. The zero-order valence-electron chi connectivity index (χ0n) is 9.02. The molecule has 0 bridgehead atoms. The smallest absolute Gasteiger partial charge is 0.218 e. The Morgan fingerprint density at radius 3 is 2.47 bits per heavy atom. The molecule has 0 fully saturated rings. The van der Waals surface area contributed by atoms with Crippen LogP contribution in [-0.2, 0) is 7.05 Å². The van der Waals surface area contributed by atoms with Crippen LogP contribution in [0.2, 0.25) is 0 Å². The van der Waals surface area contributed by atoms with Crippen LogP contribution in [0.3, 0.4) is 0 Å². The molecule has 2 aromatic heterocycles. The molecule has 2 heterocycles. The van der Waals surface area contributed by atoms with Crippen molar-refractivity contribution in [3.05, 3.63) is 23.5 Å². The molecule has 15 heavy (non-hydrogen) atoms. The molecule has 2 aromatic rings. The molecule has 78 valence electrons. The summed E-state index contributed by atoms with van der Waals surface area (Å²) in [6.07, 6.45) is 0. The van der Waals surface area contributed by atoms with Crippen molar-refractivity contribution in [3.8, 4) is 11.4 Å². The van der Waals surface area contributed by atoms with Gasteiger partial charge in [0, 0.05) is 24.0 Å². The molecule has 0 atom stereocenters. The zero-order valence-corrected chi connectivity index (χ0v) is 9.02. The fourth-order valence-electron chi connectivity index (χ4n) is 1.43. The van der Waals surface area contributed by atoms with E-state index in [0.29, 0.717) is 11.8 Å². The van der Waals surface area contributed by atoms with Gasteiger partial charge in [-0.05, 0) is 26.0 Å². The Hall–Kier alpha value is -1.91. The molecule has 0 aromatic carbocycles. The quantitative estimate of drug-likeness (QED) is 0.752. The van der Waals surface area contributed by atoms with Gasteiger partial charge in [0.2, 0.25) is 5.95 Å². The van der Waals surface area contributed by atoms with Crippen molar-refractivity contribution in [1.29, 1.82) is 0 Å². The maximum atomic E-state index is 5.63. The number of hydrogen-bond acceptors (Lipinski definition) is 4. The molecule has 0 saturated carbocycles. The molecular formula is C10H13N5. The van der Waals surface area contributed by atoms with Gasteiger partial charge in [0.1, 0.15) is 0 Å². The van der Waals surface area contributed by atoms with E-state index in [2.05, 4.69) is 15.1 Å². The van der Waals surface area contributed by atoms with Crippen LogP contribution in [0.4, 0.5) is 5.95 Å². The summed E-state index contributed by atoms with van der Waals surface area (Å²) in [4.78, 5) is 8.52. The van der Waals surface area contributed by atoms with Crippen molar-refractivity contribution >= 4 is 5.95 Å². The number of pyridine rings is 1. The molecule has 0 aliphatic rings. The minimum atomic E-state index is 0.407.